The maximum absolute atomic E-state index is 13.5. The van der Waals surface area contributed by atoms with E-state index in [1.54, 1.807) is 13.0 Å². The SMILES string of the molecule is CCN(C(=O)C(=O)NCc1ccccc1F)C1CCS(=O)(=O)C1. The molecule has 0 spiro atoms. The van der Waals surface area contributed by atoms with Crippen molar-refractivity contribution in [3.05, 3.63) is 35.6 Å². The first-order valence-corrected chi connectivity index (χ1v) is 9.19. The van der Waals surface area contributed by atoms with Crippen molar-refractivity contribution >= 4 is 21.7 Å². The van der Waals surface area contributed by atoms with Crippen LogP contribution < -0.4 is 5.32 Å². The molecule has 8 heteroatoms. The molecule has 1 aromatic carbocycles. The average Bonchev–Trinajstić information content (AvgIpc) is 2.86. The van der Waals surface area contributed by atoms with Gasteiger partial charge >= 0.3 is 11.8 Å². The fraction of sp³-hybridized carbons (Fsp3) is 0.467. The molecule has 0 saturated carbocycles. The van der Waals surface area contributed by atoms with Gasteiger partial charge in [0.15, 0.2) is 9.84 Å². The Bertz CT molecular complexity index is 705. The van der Waals surface area contributed by atoms with E-state index in [2.05, 4.69) is 5.32 Å². The number of rotatable bonds is 4. The predicted molar refractivity (Wildman–Crippen MR) is 82.7 cm³/mol. The molecule has 0 aromatic heterocycles. The number of amides is 2. The summed E-state index contributed by atoms with van der Waals surface area (Å²) in [6.07, 6.45) is 0.336. The highest BCUT2D eigenvalue weighted by molar-refractivity contribution is 7.91. The predicted octanol–water partition coefficient (Wildman–Crippen LogP) is 0.478. The Labute approximate surface area is 134 Å². The maximum Gasteiger partial charge on any atom is 0.312 e. The molecule has 2 amide bonds. The van der Waals surface area contributed by atoms with Crippen LogP contribution in [0, 0.1) is 5.82 Å². The summed E-state index contributed by atoms with van der Waals surface area (Å²) >= 11 is 0. The van der Waals surface area contributed by atoms with Gasteiger partial charge in [-0.15, -0.1) is 0 Å². The van der Waals surface area contributed by atoms with Gasteiger partial charge in [0.2, 0.25) is 0 Å². The smallest absolute Gasteiger partial charge is 0.312 e. The molecule has 23 heavy (non-hydrogen) atoms. The maximum atomic E-state index is 13.5. The number of likely N-dealkylation sites (N-methyl/N-ethyl adjacent to an activating group) is 1. The highest BCUT2D eigenvalue weighted by Crippen LogP contribution is 2.17. The molecule has 2 rings (SSSR count). The van der Waals surface area contributed by atoms with Gasteiger partial charge in [-0.25, -0.2) is 12.8 Å². The molecule has 0 radical (unpaired) electrons. The molecular weight excluding hydrogens is 323 g/mol. The van der Waals surface area contributed by atoms with E-state index in [1.807, 2.05) is 0 Å². The molecule has 1 saturated heterocycles. The van der Waals surface area contributed by atoms with Crippen molar-refractivity contribution < 1.29 is 22.4 Å². The van der Waals surface area contributed by atoms with E-state index in [0.717, 1.165) is 0 Å². The van der Waals surface area contributed by atoms with E-state index >= 15 is 0 Å². The number of hydrogen-bond donors (Lipinski definition) is 1. The van der Waals surface area contributed by atoms with Crippen LogP contribution >= 0.6 is 0 Å². The second-order valence-electron chi connectivity index (χ2n) is 5.42. The quantitative estimate of drug-likeness (QED) is 0.807. The molecule has 0 bridgehead atoms. The third-order valence-electron chi connectivity index (χ3n) is 3.84. The van der Waals surface area contributed by atoms with Gasteiger partial charge in [0.05, 0.1) is 11.5 Å². The summed E-state index contributed by atoms with van der Waals surface area (Å²) < 4.78 is 36.5. The molecule has 1 N–H and O–H groups in total. The molecule has 126 valence electrons. The molecule has 1 aliphatic heterocycles. The van der Waals surface area contributed by atoms with Gasteiger partial charge in [-0.05, 0) is 19.4 Å². The normalized spacial score (nSPS) is 19.3. The monoisotopic (exact) mass is 342 g/mol. The second-order valence-corrected chi connectivity index (χ2v) is 7.65. The van der Waals surface area contributed by atoms with Crippen molar-refractivity contribution in [2.24, 2.45) is 0 Å². The average molecular weight is 342 g/mol. The molecular formula is C15H19FN2O4S. The number of nitrogens with zero attached hydrogens (tertiary/aromatic N) is 1. The zero-order chi connectivity index (χ0) is 17.0. The first-order chi connectivity index (χ1) is 10.8. The first kappa shape index (κ1) is 17.4. The van der Waals surface area contributed by atoms with Crippen LogP contribution in [0.2, 0.25) is 0 Å². The van der Waals surface area contributed by atoms with E-state index in [4.69, 9.17) is 0 Å². The molecule has 1 heterocycles. The number of sulfone groups is 1. The van der Waals surface area contributed by atoms with Gasteiger partial charge in [0.25, 0.3) is 0 Å². The van der Waals surface area contributed by atoms with Crippen molar-refractivity contribution in [3.8, 4) is 0 Å². The van der Waals surface area contributed by atoms with Crippen molar-refractivity contribution in [2.45, 2.75) is 25.9 Å². The van der Waals surface area contributed by atoms with E-state index < -0.39 is 33.5 Å². The lowest BCUT2D eigenvalue weighted by Gasteiger charge is -2.26. The summed E-state index contributed by atoms with van der Waals surface area (Å²) in [5.41, 5.74) is 0.278. The van der Waals surface area contributed by atoms with Gasteiger partial charge in [-0.2, -0.15) is 0 Å². The summed E-state index contributed by atoms with van der Waals surface area (Å²) in [6.45, 7) is 1.83. The highest BCUT2D eigenvalue weighted by Gasteiger charge is 2.35. The zero-order valence-electron chi connectivity index (χ0n) is 12.8. The Hall–Kier alpha value is -1.96. The number of hydrogen-bond acceptors (Lipinski definition) is 4. The van der Waals surface area contributed by atoms with E-state index in [-0.39, 0.29) is 30.2 Å². The van der Waals surface area contributed by atoms with Crippen molar-refractivity contribution in [3.63, 3.8) is 0 Å². The lowest BCUT2D eigenvalue weighted by Crippen LogP contribution is -2.48. The van der Waals surface area contributed by atoms with Gasteiger partial charge in [0.1, 0.15) is 5.82 Å². The van der Waals surface area contributed by atoms with E-state index in [1.165, 1.54) is 23.1 Å². The summed E-state index contributed by atoms with van der Waals surface area (Å²) in [5, 5.41) is 2.38. The molecule has 1 atom stereocenters. The topological polar surface area (TPSA) is 83.6 Å². The van der Waals surface area contributed by atoms with Crippen LogP contribution in [0.1, 0.15) is 18.9 Å². The van der Waals surface area contributed by atoms with Crippen LogP contribution in [0.15, 0.2) is 24.3 Å². The van der Waals surface area contributed by atoms with E-state index in [9.17, 15) is 22.4 Å². The Morgan fingerprint density at radius 2 is 2.04 bits per heavy atom. The number of carbonyl (C=O) groups excluding carboxylic acids is 2. The number of carbonyl (C=O) groups is 2. The zero-order valence-corrected chi connectivity index (χ0v) is 13.6. The van der Waals surface area contributed by atoms with Gasteiger partial charge in [-0.3, -0.25) is 9.59 Å². The third-order valence-corrected chi connectivity index (χ3v) is 5.59. The standard InChI is InChI=1S/C15H19FN2O4S/c1-2-18(12-7-8-23(21,22)10-12)15(20)14(19)17-9-11-5-3-4-6-13(11)16/h3-6,12H,2,7-10H2,1H3,(H,17,19). The van der Waals surface area contributed by atoms with Crippen LogP contribution in [0.4, 0.5) is 4.39 Å². The Morgan fingerprint density at radius 1 is 1.35 bits per heavy atom. The van der Waals surface area contributed by atoms with Crippen molar-refractivity contribution in [1.82, 2.24) is 10.2 Å². The van der Waals surface area contributed by atoms with Gasteiger partial charge < -0.3 is 10.2 Å². The van der Waals surface area contributed by atoms with Crippen LogP contribution in [0.3, 0.4) is 0 Å². The molecule has 6 nitrogen and oxygen atoms in total. The minimum absolute atomic E-state index is 0.0261. The van der Waals surface area contributed by atoms with Crippen molar-refractivity contribution in [1.29, 1.82) is 0 Å². The molecule has 1 aliphatic rings. The molecule has 1 fully saturated rings. The van der Waals surface area contributed by atoms with Crippen LogP contribution in [0.5, 0.6) is 0 Å². The molecule has 1 aromatic rings. The summed E-state index contributed by atoms with van der Waals surface area (Å²) in [6, 6.07) is 5.47. The van der Waals surface area contributed by atoms with Crippen molar-refractivity contribution in [2.75, 3.05) is 18.1 Å². The van der Waals surface area contributed by atoms with Gasteiger partial charge in [-0.1, -0.05) is 18.2 Å². The number of nitrogens with one attached hydrogen (secondary N) is 1. The van der Waals surface area contributed by atoms with Crippen LogP contribution in [0.25, 0.3) is 0 Å². The van der Waals surface area contributed by atoms with Crippen LogP contribution in [-0.2, 0) is 26.0 Å². The minimum Gasteiger partial charge on any atom is -0.344 e. The first-order valence-electron chi connectivity index (χ1n) is 7.36. The highest BCUT2D eigenvalue weighted by atomic mass is 32.2. The Morgan fingerprint density at radius 3 is 2.61 bits per heavy atom. The summed E-state index contributed by atoms with van der Waals surface area (Å²) in [5.74, 6) is -2.20. The molecule has 0 aliphatic carbocycles. The lowest BCUT2D eigenvalue weighted by atomic mass is 10.2. The van der Waals surface area contributed by atoms with Gasteiger partial charge in [0, 0.05) is 24.7 Å². The third kappa shape index (κ3) is 4.28. The summed E-state index contributed by atoms with van der Waals surface area (Å²) in [4.78, 5) is 25.4. The van der Waals surface area contributed by atoms with E-state index in [0.29, 0.717) is 6.42 Å². The fourth-order valence-corrected chi connectivity index (χ4v) is 4.34. The minimum atomic E-state index is -3.15. The Balaban J connectivity index is 1.98. The fourth-order valence-electron chi connectivity index (χ4n) is 2.61. The Kier molecular flexibility index (Phi) is 5.35. The molecule has 1 unspecified atom stereocenters. The number of benzene rings is 1. The summed E-state index contributed by atoms with van der Waals surface area (Å²) in [7, 11) is -3.15. The largest absolute Gasteiger partial charge is 0.344 e. The lowest BCUT2D eigenvalue weighted by molar-refractivity contribution is -0.147. The second kappa shape index (κ2) is 7.08. The number of halogens is 1. The van der Waals surface area contributed by atoms with Crippen LogP contribution in [-0.4, -0.2) is 49.2 Å².